The van der Waals surface area contributed by atoms with Gasteiger partial charge in [-0.15, -0.1) is 0 Å². The number of carboxylic acids is 1. The first-order valence-corrected chi connectivity index (χ1v) is 6.95. The third-order valence-corrected chi connectivity index (χ3v) is 3.65. The number of halogens is 2. The predicted octanol–water partition coefficient (Wildman–Crippen LogP) is 1.62. The molecule has 1 aromatic heterocycles. The van der Waals surface area contributed by atoms with Crippen LogP contribution < -0.4 is 11.2 Å². The Morgan fingerprint density at radius 1 is 1.39 bits per heavy atom. The van der Waals surface area contributed by atoms with Crippen LogP contribution in [0, 0.1) is 23.5 Å². The second kappa shape index (κ2) is 5.48. The van der Waals surface area contributed by atoms with Crippen LogP contribution in [0.1, 0.15) is 34.9 Å². The zero-order valence-corrected chi connectivity index (χ0v) is 11.9. The summed E-state index contributed by atoms with van der Waals surface area (Å²) in [7, 11) is 0. The van der Waals surface area contributed by atoms with Crippen molar-refractivity contribution >= 4 is 16.9 Å². The van der Waals surface area contributed by atoms with Crippen LogP contribution in [0.15, 0.2) is 16.9 Å². The molecule has 1 fully saturated rings. The molecule has 1 heterocycles. The van der Waals surface area contributed by atoms with Crippen LogP contribution in [-0.4, -0.2) is 22.2 Å². The molecule has 3 rings (SSSR count). The van der Waals surface area contributed by atoms with Crippen LogP contribution in [0.3, 0.4) is 0 Å². The van der Waals surface area contributed by atoms with E-state index in [4.69, 9.17) is 5.73 Å². The summed E-state index contributed by atoms with van der Waals surface area (Å²) in [6.07, 6.45) is 1.40. The molecule has 0 unspecified atom stereocenters. The number of aromatic nitrogens is 1. The van der Waals surface area contributed by atoms with E-state index in [1.807, 2.05) is 0 Å². The van der Waals surface area contributed by atoms with Crippen LogP contribution in [0.5, 0.6) is 0 Å². The Labute approximate surface area is 129 Å². The Hall–Kier alpha value is -2.72. The Kier molecular flexibility index (Phi) is 3.62. The Morgan fingerprint density at radius 3 is 2.65 bits per heavy atom. The fraction of sp³-hybridized carbons (Fsp3) is 0.250. The lowest BCUT2D eigenvalue weighted by atomic mass is 10.1. The van der Waals surface area contributed by atoms with Crippen molar-refractivity contribution in [3.63, 3.8) is 0 Å². The SMILES string of the molecule is NCC#Cc1c(C(=O)O)c(=O)c2cc(F)cc(F)c2n1C1CC1. The van der Waals surface area contributed by atoms with E-state index in [1.54, 1.807) is 0 Å². The summed E-state index contributed by atoms with van der Waals surface area (Å²) in [6, 6.07) is 1.35. The highest BCUT2D eigenvalue weighted by atomic mass is 19.1. The van der Waals surface area contributed by atoms with Gasteiger partial charge in [0.15, 0.2) is 5.82 Å². The minimum Gasteiger partial charge on any atom is -0.477 e. The van der Waals surface area contributed by atoms with Crippen molar-refractivity contribution < 1.29 is 18.7 Å². The standard InChI is InChI=1S/C16H12F2N2O3/c17-8-6-10-14(11(18)7-8)20(9-3-4-9)12(2-1-5-19)13(15(10)21)16(22)23/h6-7,9H,3-5,19H2,(H,22,23). The van der Waals surface area contributed by atoms with Crippen LogP contribution in [0.25, 0.3) is 10.9 Å². The maximum atomic E-state index is 14.3. The van der Waals surface area contributed by atoms with E-state index in [0.717, 1.165) is 6.07 Å². The van der Waals surface area contributed by atoms with E-state index >= 15 is 0 Å². The molecule has 1 aliphatic carbocycles. The van der Waals surface area contributed by atoms with Gasteiger partial charge in [-0.1, -0.05) is 5.92 Å². The van der Waals surface area contributed by atoms with Crippen molar-refractivity contribution in [1.82, 2.24) is 4.57 Å². The highest BCUT2D eigenvalue weighted by Gasteiger charge is 2.32. The number of aromatic carboxylic acids is 1. The summed E-state index contributed by atoms with van der Waals surface area (Å²) in [5.41, 5.74) is 3.56. The van der Waals surface area contributed by atoms with Gasteiger partial charge in [-0.25, -0.2) is 13.6 Å². The molecule has 0 amide bonds. The Morgan fingerprint density at radius 2 is 2.09 bits per heavy atom. The molecule has 0 aliphatic heterocycles. The molecule has 1 aromatic carbocycles. The zero-order valence-electron chi connectivity index (χ0n) is 11.9. The molecule has 5 nitrogen and oxygen atoms in total. The van der Waals surface area contributed by atoms with E-state index < -0.39 is 28.6 Å². The topological polar surface area (TPSA) is 85.3 Å². The van der Waals surface area contributed by atoms with Gasteiger partial charge in [-0.2, -0.15) is 0 Å². The minimum absolute atomic E-state index is 0.0398. The highest BCUT2D eigenvalue weighted by Crippen LogP contribution is 2.39. The average molecular weight is 318 g/mol. The molecule has 0 saturated heterocycles. The van der Waals surface area contributed by atoms with Crippen LogP contribution in [0.4, 0.5) is 8.78 Å². The number of hydrogen-bond donors (Lipinski definition) is 2. The summed E-state index contributed by atoms with van der Waals surface area (Å²) in [4.78, 5) is 23.9. The first kappa shape index (κ1) is 15.2. The van der Waals surface area contributed by atoms with E-state index in [1.165, 1.54) is 4.57 Å². The highest BCUT2D eigenvalue weighted by molar-refractivity contribution is 5.95. The quantitative estimate of drug-likeness (QED) is 0.824. The molecule has 1 saturated carbocycles. The van der Waals surface area contributed by atoms with Crippen molar-refractivity contribution in [1.29, 1.82) is 0 Å². The third-order valence-electron chi connectivity index (χ3n) is 3.65. The van der Waals surface area contributed by atoms with Gasteiger partial charge >= 0.3 is 5.97 Å². The summed E-state index contributed by atoms with van der Waals surface area (Å²) < 4.78 is 29.2. The molecule has 118 valence electrons. The molecule has 0 atom stereocenters. The van der Waals surface area contributed by atoms with Crippen molar-refractivity contribution in [2.45, 2.75) is 18.9 Å². The van der Waals surface area contributed by atoms with Gasteiger partial charge < -0.3 is 15.4 Å². The maximum Gasteiger partial charge on any atom is 0.342 e. The second-order valence-corrected chi connectivity index (χ2v) is 5.25. The number of pyridine rings is 1. The van der Waals surface area contributed by atoms with Gasteiger partial charge in [-0.05, 0) is 24.8 Å². The largest absolute Gasteiger partial charge is 0.477 e. The molecule has 0 bridgehead atoms. The van der Waals surface area contributed by atoms with Gasteiger partial charge in [0, 0.05) is 12.1 Å². The van der Waals surface area contributed by atoms with Crippen molar-refractivity contribution in [3.05, 3.63) is 45.2 Å². The first-order valence-electron chi connectivity index (χ1n) is 6.95. The minimum atomic E-state index is -1.49. The number of nitrogens with two attached hydrogens (primary N) is 1. The molecule has 3 N–H and O–H groups in total. The van der Waals surface area contributed by atoms with Crippen molar-refractivity contribution in [2.75, 3.05) is 6.54 Å². The number of carboxylic acid groups (broad SMARTS) is 1. The van der Waals surface area contributed by atoms with E-state index in [2.05, 4.69) is 11.8 Å². The van der Waals surface area contributed by atoms with Crippen LogP contribution in [-0.2, 0) is 0 Å². The van der Waals surface area contributed by atoms with Gasteiger partial charge in [0.2, 0.25) is 5.43 Å². The van der Waals surface area contributed by atoms with Crippen molar-refractivity contribution in [3.8, 4) is 11.8 Å². The number of rotatable bonds is 2. The normalized spacial score (nSPS) is 13.7. The molecule has 23 heavy (non-hydrogen) atoms. The van der Waals surface area contributed by atoms with E-state index in [9.17, 15) is 23.5 Å². The average Bonchev–Trinajstić information content (AvgIpc) is 3.29. The van der Waals surface area contributed by atoms with E-state index in [0.29, 0.717) is 18.9 Å². The van der Waals surface area contributed by atoms with Gasteiger partial charge in [0.1, 0.15) is 17.1 Å². The lowest BCUT2D eigenvalue weighted by Crippen LogP contribution is -2.23. The number of carbonyl (C=O) groups is 1. The fourth-order valence-corrected chi connectivity index (χ4v) is 2.61. The maximum absolute atomic E-state index is 14.3. The van der Waals surface area contributed by atoms with Crippen LogP contribution >= 0.6 is 0 Å². The molecular formula is C16H12F2N2O3. The summed E-state index contributed by atoms with van der Waals surface area (Å²) in [5.74, 6) is 1.72. The number of nitrogens with zero attached hydrogens (tertiary/aromatic N) is 1. The number of benzene rings is 1. The smallest absolute Gasteiger partial charge is 0.342 e. The summed E-state index contributed by atoms with van der Waals surface area (Å²) >= 11 is 0. The molecule has 1 aliphatic rings. The third kappa shape index (κ3) is 2.47. The summed E-state index contributed by atoms with van der Waals surface area (Å²) in [6.45, 7) is -0.0398. The van der Waals surface area contributed by atoms with E-state index in [-0.39, 0.29) is 29.2 Å². The van der Waals surface area contributed by atoms with Gasteiger partial charge in [0.05, 0.1) is 17.4 Å². The molecule has 2 aromatic rings. The molecular weight excluding hydrogens is 306 g/mol. The Bertz CT molecular complexity index is 950. The predicted molar refractivity (Wildman–Crippen MR) is 79.3 cm³/mol. The molecule has 0 radical (unpaired) electrons. The first-order chi connectivity index (χ1) is 11.0. The van der Waals surface area contributed by atoms with Gasteiger partial charge in [0.25, 0.3) is 0 Å². The van der Waals surface area contributed by atoms with Crippen molar-refractivity contribution in [2.24, 2.45) is 5.73 Å². The zero-order chi connectivity index (χ0) is 16.7. The fourth-order valence-electron chi connectivity index (χ4n) is 2.61. The molecule has 0 spiro atoms. The molecule has 7 heteroatoms. The second-order valence-electron chi connectivity index (χ2n) is 5.25. The number of fused-ring (bicyclic) bond motifs is 1. The monoisotopic (exact) mass is 318 g/mol. The number of hydrogen-bond acceptors (Lipinski definition) is 3. The lowest BCUT2D eigenvalue weighted by Gasteiger charge is -2.16. The lowest BCUT2D eigenvalue weighted by molar-refractivity contribution is 0.0694. The Balaban J connectivity index is 2.57. The van der Waals surface area contributed by atoms with Gasteiger partial charge in [-0.3, -0.25) is 4.79 Å². The van der Waals surface area contributed by atoms with Crippen LogP contribution in [0.2, 0.25) is 0 Å². The summed E-state index contributed by atoms with van der Waals surface area (Å²) in [5, 5.41) is 9.07.